The van der Waals surface area contributed by atoms with Crippen LogP contribution in [0.5, 0.6) is 0 Å². The lowest BCUT2D eigenvalue weighted by atomic mass is 10.5. The van der Waals surface area contributed by atoms with E-state index >= 15 is 0 Å². The molecule has 0 atom stereocenters. The molecule has 0 saturated carbocycles. The van der Waals surface area contributed by atoms with Crippen LogP contribution in [0.15, 0.2) is 29.4 Å². The van der Waals surface area contributed by atoms with Gasteiger partial charge in [0.2, 0.25) is 5.13 Å². The average molecular weight is 266 g/mol. The van der Waals surface area contributed by atoms with Gasteiger partial charge in [-0.2, -0.15) is 0 Å². The van der Waals surface area contributed by atoms with Crippen molar-refractivity contribution < 1.29 is 0 Å². The van der Waals surface area contributed by atoms with Crippen molar-refractivity contribution in [3.8, 4) is 0 Å². The molecule has 2 heterocycles. The molecule has 0 fully saturated rings. The largest absolute Gasteiger partial charge is 0.360 e. The number of nitrogens with zero attached hydrogens (tertiary/aromatic N) is 3. The molecule has 1 N–H and O–H groups in total. The Labute approximate surface area is 109 Å². The molecule has 0 saturated heterocycles. The number of hydrogen-bond donors (Lipinski definition) is 1. The van der Waals surface area contributed by atoms with Gasteiger partial charge in [-0.25, -0.2) is 0 Å². The van der Waals surface area contributed by atoms with Gasteiger partial charge in [0.05, 0.1) is 5.75 Å². The molecule has 6 heteroatoms. The number of thioether (sulfide) groups is 1. The molecule has 4 nitrogen and oxygen atoms in total. The Balaban J connectivity index is 1.85. The zero-order valence-electron chi connectivity index (χ0n) is 9.59. The van der Waals surface area contributed by atoms with Crippen molar-refractivity contribution in [3.05, 3.63) is 29.5 Å². The maximum absolute atomic E-state index is 4.15. The van der Waals surface area contributed by atoms with Crippen molar-refractivity contribution in [2.45, 2.75) is 24.0 Å². The number of pyridine rings is 1. The highest BCUT2D eigenvalue weighted by Crippen LogP contribution is 2.25. The van der Waals surface area contributed by atoms with E-state index in [0.29, 0.717) is 0 Å². The van der Waals surface area contributed by atoms with Crippen molar-refractivity contribution in [1.82, 2.24) is 15.2 Å². The normalized spacial score (nSPS) is 10.4. The van der Waals surface area contributed by atoms with Crippen molar-refractivity contribution >= 4 is 28.2 Å². The Kier molecular flexibility index (Phi) is 4.75. The third-order valence-electron chi connectivity index (χ3n) is 2.01. The van der Waals surface area contributed by atoms with Crippen molar-refractivity contribution in [3.63, 3.8) is 0 Å². The van der Waals surface area contributed by atoms with Gasteiger partial charge in [0.15, 0.2) is 0 Å². The first-order valence-corrected chi connectivity index (χ1v) is 7.27. The number of hydrogen-bond acceptors (Lipinski definition) is 6. The fourth-order valence-electron chi connectivity index (χ4n) is 1.19. The summed E-state index contributed by atoms with van der Waals surface area (Å²) in [5.74, 6) is 0.857. The van der Waals surface area contributed by atoms with Gasteiger partial charge in [-0.3, -0.25) is 4.98 Å². The molecule has 0 aromatic carbocycles. The topological polar surface area (TPSA) is 50.7 Å². The average Bonchev–Trinajstić information content (AvgIpc) is 2.83. The Morgan fingerprint density at radius 1 is 1.29 bits per heavy atom. The Morgan fingerprint density at radius 3 is 2.88 bits per heavy atom. The zero-order valence-corrected chi connectivity index (χ0v) is 11.2. The second-order valence-corrected chi connectivity index (χ2v) is 5.51. The molecule has 0 aliphatic heterocycles. The van der Waals surface area contributed by atoms with E-state index in [1.54, 1.807) is 35.5 Å². The first-order valence-electron chi connectivity index (χ1n) is 5.47. The van der Waals surface area contributed by atoms with Gasteiger partial charge in [0, 0.05) is 23.8 Å². The third-order valence-corrected chi connectivity index (χ3v) is 4.09. The summed E-state index contributed by atoms with van der Waals surface area (Å²) in [7, 11) is 0. The second kappa shape index (κ2) is 6.56. The first-order chi connectivity index (χ1) is 8.38. The fourth-order valence-corrected chi connectivity index (χ4v) is 2.83. The van der Waals surface area contributed by atoms with Crippen molar-refractivity contribution in [1.29, 1.82) is 0 Å². The van der Waals surface area contributed by atoms with Crippen LogP contribution in [0, 0.1) is 0 Å². The van der Waals surface area contributed by atoms with E-state index in [0.717, 1.165) is 28.9 Å². The molecule has 2 aromatic rings. The minimum Gasteiger partial charge on any atom is -0.360 e. The smallest absolute Gasteiger partial charge is 0.205 e. The number of anilines is 1. The lowest BCUT2D eigenvalue weighted by Gasteiger charge is -1.97. The summed E-state index contributed by atoms with van der Waals surface area (Å²) < 4.78 is 0. The van der Waals surface area contributed by atoms with Gasteiger partial charge in [0.25, 0.3) is 0 Å². The molecule has 2 aromatic heterocycles. The molecule has 2 rings (SSSR count). The molecule has 0 radical (unpaired) electrons. The van der Waals surface area contributed by atoms with Crippen LogP contribution in [-0.4, -0.2) is 21.7 Å². The van der Waals surface area contributed by atoms with Crippen molar-refractivity contribution in [2.24, 2.45) is 0 Å². The summed E-state index contributed by atoms with van der Waals surface area (Å²) >= 11 is 3.37. The first kappa shape index (κ1) is 12.3. The van der Waals surface area contributed by atoms with E-state index in [9.17, 15) is 0 Å². The number of nitrogens with one attached hydrogen (secondary N) is 1. The fraction of sp³-hybridized carbons (Fsp3) is 0.364. The Bertz CT molecular complexity index is 444. The molecule has 90 valence electrons. The van der Waals surface area contributed by atoms with Crippen molar-refractivity contribution in [2.75, 3.05) is 11.9 Å². The third kappa shape index (κ3) is 3.98. The standard InChI is InChI=1S/C11H14N4S2/c1-2-5-13-11-15-14-10(17-11)8-16-9-3-6-12-7-4-9/h3-4,6-7H,2,5,8H2,1H3,(H,13,15). The molecule has 0 spiro atoms. The van der Waals surface area contributed by atoms with E-state index in [4.69, 9.17) is 0 Å². The van der Waals surface area contributed by atoms with E-state index in [1.807, 2.05) is 12.1 Å². The van der Waals surface area contributed by atoms with Gasteiger partial charge >= 0.3 is 0 Å². The van der Waals surface area contributed by atoms with Crippen LogP contribution in [0.3, 0.4) is 0 Å². The lowest BCUT2D eigenvalue weighted by Crippen LogP contribution is -1.98. The molecule has 0 unspecified atom stereocenters. The summed E-state index contributed by atoms with van der Waals surface area (Å²) in [6.07, 6.45) is 4.70. The number of aromatic nitrogens is 3. The van der Waals surface area contributed by atoms with Crippen LogP contribution >= 0.6 is 23.1 Å². The lowest BCUT2D eigenvalue weighted by molar-refractivity contribution is 0.958. The Hall–Kier alpha value is -1.14. The van der Waals surface area contributed by atoms with E-state index < -0.39 is 0 Å². The van der Waals surface area contributed by atoms with Crippen LogP contribution in [-0.2, 0) is 5.75 Å². The van der Waals surface area contributed by atoms with Crippen LogP contribution in [0.2, 0.25) is 0 Å². The van der Waals surface area contributed by atoms with Crippen LogP contribution in [0.25, 0.3) is 0 Å². The molecule has 0 amide bonds. The van der Waals surface area contributed by atoms with Gasteiger partial charge in [-0.15, -0.1) is 22.0 Å². The molecule has 0 bridgehead atoms. The highest BCUT2D eigenvalue weighted by molar-refractivity contribution is 7.98. The Morgan fingerprint density at radius 2 is 2.12 bits per heavy atom. The van der Waals surface area contributed by atoms with E-state index in [-0.39, 0.29) is 0 Å². The van der Waals surface area contributed by atoms with Gasteiger partial charge in [-0.1, -0.05) is 18.3 Å². The van der Waals surface area contributed by atoms with Gasteiger partial charge in [0.1, 0.15) is 5.01 Å². The molecular weight excluding hydrogens is 252 g/mol. The van der Waals surface area contributed by atoms with E-state index in [1.165, 1.54) is 4.90 Å². The van der Waals surface area contributed by atoms with Crippen LogP contribution in [0.4, 0.5) is 5.13 Å². The SMILES string of the molecule is CCCNc1nnc(CSc2ccncc2)s1. The van der Waals surface area contributed by atoms with Gasteiger partial charge < -0.3 is 5.32 Å². The van der Waals surface area contributed by atoms with Crippen LogP contribution in [0.1, 0.15) is 18.4 Å². The summed E-state index contributed by atoms with van der Waals surface area (Å²) in [6, 6.07) is 4.00. The number of rotatable bonds is 6. The molecule has 0 aliphatic rings. The quantitative estimate of drug-likeness (QED) is 0.814. The highest BCUT2D eigenvalue weighted by atomic mass is 32.2. The maximum Gasteiger partial charge on any atom is 0.205 e. The van der Waals surface area contributed by atoms with Crippen LogP contribution < -0.4 is 5.32 Å². The maximum atomic E-state index is 4.15. The molecule has 0 aliphatic carbocycles. The minimum atomic E-state index is 0.857. The predicted molar refractivity (Wildman–Crippen MR) is 72.5 cm³/mol. The summed E-state index contributed by atoms with van der Waals surface area (Å²) in [5, 5.41) is 13.5. The monoisotopic (exact) mass is 266 g/mol. The minimum absolute atomic E-state index is 0.857. The molecule has 17 heavy (non-hydrogen) atoms. The predicted octanol–water partition coefficient (Wildman–Crippen LogP) is 3.05. The zero-order chi connectivity index (χ0) is 11.9. The molecular formula is C11H14N4S2. The second-order valence-electron chi connectivity index (χ2n) is 3.40. The van der Waals surface area contributed by atoms with E-state index in [2.05, 4.69) is 27.4 Å². The highest BCUT2D eigenvalue weighted by Gasteiger charge is 2.03. The summed E-state index contributed by atoms with van der Waals surface area (Å²) in [6.45, 7) is 3.08. The summed E-state index contributed by atoms with van der Waals surface area (Å²) in [4.78, 5) is 5.20. The summed E-state index contributed by atoms with van der Waals surface area (Å²) in [5.41, 5.74) is 0. The van der Waals surface area contributed by atoms with Gasteiger partial charge in [-0.05, 0) is 18.6 Å².